The zero-order valence-electron chi connectivity index (χ0n) is 15.6. The molecule has 24 heavy (non-hydrogen) atoms. The molecule has 0 bridgehead atoms. The van der Waals surface area contributed by atoms with Crippen molar-refractivity contribution in [1.82, 2.24) is 9.62 Å². The third-order valence-corrected chi connectivity index (χ3v) is 5.22. The molecule has 0 fully saturated rings. The molecule has 6 heteroatoms. The second kappa shape index (κ2) is 8.12. The molecule has 0 saturated heterocycles. The van der Waals surface area contributed by atoms with Crippen LogP contribution in [-0.4, -0.2) is 37.9 Å². The molecule has 5 nitrogen and oxygen atoms in total. The maximum absolute atomic E-state index is 12.8. The van der Waals surface area contributed by atoms with Gasteiger partial charge in [0.05, 0.1) is 4.90 Å². The third kappa shape index (κ3) is 5.60. The molecular weight excluding hydrogens is 324 g/mol. The number of amides is 1. The topological polar surface area (TPSA) is 66.5 Å². The number of rotatable bonds is 7. The number of hydrogen-bond donors (Lipinski definition) is 1. The second-order valence-electron chi connectivity index (χ2n) is 7.12. The van der Waals surface area contributed by atoms with Gasteiger partial charge in [-0.2, -0.15) is 0 Å². The van der Waals surface area contributed by atoms with E-state index in [4.69, 9.17) is 0 Å². The van der Waals surface area contributed by atoms with E-state index in [9.17, 15) is 13.2 Å². The predicted octanol–water partition coefficient (Wildman–Crippen LogP) is 3.33. The van der Waals surface area contributed by atoms with E-state index in [2.05, 4.69) is 4.72 Å². The lowest BCUT2D eigenvalue weighted by molar-refractivity contribution is 0.0754. The number of aryl methyl sites for hydroxylation is 1. The molecule has 0 aromatic heterocycles. The predicted molar refractivity (Wildman–Crippen MR) is 97.7 cm³/mol. The number of nitrogens with one attached hydrogen (secondary N) is 1. The largest absolute Gasteiger partial charge is 0.339 e. The number of carbonyl (C=O) groups excluding carboxylic acids is 1. The number of sulfonamides is 1. The summed E-state index contributed by atoms with van der Waals surface area (Å²) >= 11 is 0. The van der Waals surface area contributed by atoms with Gasteiger partial charge in [0.1, 0.15) is 0 Å². The summed E-state index contributed by atoms with van der Waals surface area (Å²) in [5.74, 6) is -0.107. The van der Waals surface area contributed by atoms with Crippen molar-refractivity contribution in [2.24, 2.45) is 0 Å². The van der Waals surface area contributed by atoms with Crippen LogP contribution in [0, 0.1) is 6.92 Å². The van der Waals surface area contributed by atoms with Crippen molar-refractivity contribution >= 4 is 15.9 Å². The highest BCUT2D eigenvalue weighted by molar-refractivity contribution is 7.89. The van der Waals surface area contributed by atoms with Crippen molar-refractivity contribution in [2.45, 2.75) is 64.8 Å². The molecule has 0 unspecified atom stereocenters. The minimum Gasteiger partial charge on any atom is -0.339 e. The van der Waals surface area contributed by atoms with Crippen LogP contribution in [0.4, 0.5) is 0 Å². The van der Waals surface area contributed by atoms with Crippen LogP contribution in [0.25, 0.3) is 0 Å². The number of carbonyl (C=O) groups is 1. The number of nitrogens with zero attached hydrogens (tertiary/aromatic N) is 1. The van der Waals surface area contributed by atoms with Crippen molar-refractivity contribution in [2.75, 3.05) is 13.1 Å². The van der Waals surface area contributed by atoms with Gasteiger partial charge in [-0.15, -0.1) is 0 Å². The maximum atomic E-state index is 12.8. The van der Waals surface area contributed by atoms with Crippen LogP contribution in [0.1, 0.15) is 63.4 Å². The first kappa shape index (κ1) is 20.6. The Morgan fingerprint density at radius 2 is 1.67 bits per heavy atom. The van der Waals surface area contributed by atoms with Crippen LogP contribution in [0.15, 0.2) is 23.1 Å². The number of hydrogen-bond acceptors (Lipinski definition) is 3. The molecule has 0 heterocycles. The normalized spacial score (nSPS) is 12.2. The molecule has 1 rings (SSSR count). The highest BCUT2D eigenvalue weighted by Crippen LogP contribution is 2.19. The van der Waals surface area contributed by atoms with Gasteiger partial charge in [-0.1, -0.05) is 19.9 Å². The summed E-state index contributed by atoms with van der Waals surface area (Å²) in [5, 5.41) is 0. The zero-order valence-corrected chi connectivity index (χ0v) is 16.5. The van der Waals surface area contributed by atoms with Crippen LogP contribution in [-0.2, 0) is 10.0 Å². The molecule has 0 aliphatic heterocycles. The summed E-state index contributed by atoms with van der Waals surface area (Å²) in [6, 6.07) is 4.73. The van der Waals surface area contributed by atoms with E-state index in [-0.39, 0.29) is 10.8 Å². The Morgan fingerprint density at radius 1 is 1.12 bits per heavy atom. The van der Waals surface area contributed by atoms with E-state index in [0.717, 1.165) is 18.4 Å². The second-order valence-corrected chi connectivity index (χ2v) is 8.81. The van der Waals surface area contributed by atoms with Gasteiger partial charge in [0.15, 0.2) is 0 Å². The molecule has 136 valence electrons. The minimum absolute atomic E-state index is 0.107. The fraction of sp³-hybridized carbons (Fsp3) is 0.611. The summed E-state index contributed by atoms with van der Waals surface area (Å²) in [7, 11) is -3.66. The smallest absolute Gasteiger partial charge is 0.254 e. The Morgan fingerprint density at radius 3 is 2.12 bits per heavy atom. The Hall–Kier alpha value is -1.40. The third-order valence-electron chi connectivity index (χ3n) is 3.46. The quantitative estimate of drug-likeness (QED) is 0.817. The fourth-order valence-corrected chi connectivity index (χ4v) is 3.93. The molecule has 1 aromatic rings. The molecule has 1 amide bonds. The van der Waals surface area contributed by atoms with Crippen molar-refractivity contribution in [3.05, 3.63) is 29.3 Å². The summed E-state index contributed by atoms with van der Waals surface area (Å²) in [5.41, 5.74) is 0.658. The molecule has 0 radical (unpaired) electrons. The van der Waals surface area contributed by atoms with Crippen LogP contribution in [0.3, 0.4) is 0 Å². The maximum Gasteiger partial charge on any atom is 0.254 e. The summed E-state index contributed by atoms with van der Waals surface area (Å²) < 4.78 is 27.7. The van der Waals surface area contributed by atoms with E-state index in [1.165, 1.54) is 6.07 Å². The van der Waals surface area contributed by atoms with E-state index >= 15 is 0 Å². The molecule has 0 aliphatic carbocycles. The van der Waals surface area contributed by atoms with Crippen molar-refractivity contribution in [3.8, 4) is 0 Å². The molecule has 0 saturated carbocycles. The highest BCUT2D eigenvalue weighted by Gasteiger charge is 2.24. The van der Waals surface area contributed by atoms with E-state index in [1.807, 2.05) is 20.8 Å². The monoisotopic (exact) mass is 354 g/mol. The van der Waals surface area contributed by atoms with Gasteiger partial charge in [-0.3, -0.25) is 4.79 Å². The average Bonchev–Trinajstić information content (AvgIpc) is 2.44. The first-order valence-corrected chi connectivity index (χ1v) is 9.94. The van der Waals surface area contributed by atoms with Gasteiger partial charge in [-0.05, 0) is 58.2 Å². The lowest BCUT2D eigenvalue weighted by Crippen LogP contribution is -2.40. The molecular formula is C18H30N2O3S. The average molecular weight is 355 g/mol. The first-order chi connectivity index (χ1) is 11.0. The van der Waals surface area contributed by atoms with E-state index in [1.54, 1.807) is 37.8 Å². The summed E-state index contributed by atoms with van der Waals surface area (Å²) in [6.07, 6.45) is 1.74. The number of benzene rings is 1. The lowest BCUT2D eigenvalue weighted by atomic mass is 10.1. The van der Waals surface area contributed by atoms with Gasteiger partial charge >= 0.3 is 0 Å². The minimum atomic E-state index is -3.66. The summed E-state index contributed by atoms with van der Waals surface area (Å²) in [6.45, 7) is 12.6. The summed E-state index contributed by atoms with van der Waals surface area (Å²) in [4.78, 5) is 14.7. The molecule has 1 aromatic carbocycles. The van der Waals surface area contributed by atoms with Crippen LogP contribution in [0.2, 0.25) is 0 Å². The highest BCUT2D eigenvalue weighted by atomic mass is 32.2. The molecule has 0 aliphatic rings. The van der Waals surface area contributed by atoms with Gasteiger partial charge in [-0.25, -0.2) is 13.1 Å². The molecule has 0 atom stereocenters. The van der Waals surface area contributed by atoms with Gasteiger partial charge in [0.25, 0.3) is 5.91 Å². The van der Waals surface area contributed by atoms with Crippen LogP contribution in [0.5, 0.6) is 0 Å². The van der Waals surface area contributed by atoms with Gasteiger partial charge in [0, 0.05) is 24.2 Å². The van der Waals surface area contributed by atoms with Crippen molar-refractivity contribution in [1.29, 1.82) is 0 Å². The zero-order chi connectivity index (χ0) is 18.5. The van der Waals surface area contributed by atoms with Gasteiger partial charge < -0.3 is 4.90 Å². The SMILES string of the molecule is CCCN(CCC)C(=O)c1cc(S(=O)(=O)NC(C)(C)C)ccc1C. The Balaban J connectivity index is 3.25. The molecule has 0 spiro atoms. The first-order valence-electron chi connectivity index (χ1n) is 8.45. The lowest BCUT2D eigenvalue weighted by Gasteiger charge is -2.23. The van der Waals surface area contributed by atoms with E-state index in [0.29, 0.717) is 18.7 Å². The fourth-order valence-electron chi connectivity index (χ4n) is 2.49. The van der Waals surface area contributed by atoms with Crippen LogP contribution >= 0.6 is 0 Å². The molecule has 1 N–H and O–H groups in total. The Kier molecular flexibility index (Phi) is 6.98. The Bertz CT molecular complexity index is 670. The van der Waals surface area contributed by atoms with Gasteiger partial charge in [0.2, 0.25) is 10.0 Å². The van der Waals surface area contributed by atoms with Crippen molar-refractivity contribution < 1.29 is 13.2 Å². The Labute approximate surface area is 146 Å². The van der Waals surface area contributed by atoms with Crippen LogP contribution < -0.4 is 4.72 Å². The van der Waals surface area contributed by atoms with E-state index < -0.39 is 15.6 Å². The standard InChI is InChI=1S/C18H30N2O3S/c1-7-11-20(12-8-2)17(21)16-13-15(10-9-14(16)3)24(22,23)19-18(4,5)6/h9-10,13,19H,7-8,11-12H2,1-6H3. The van der Waals surface area contributed by atoms with Crippen molar-refractivity contribution in [3.63, 3.8) is 0 Å².